The smallest absolute Gasteiger partial charge is 0.328 e. The third-order valence-electron chi connectivity index (χ3n) is 7.54. The topological polar surface area (TPSA) is 270 Å². The quantitative estimate of drug-likeness (QED) is 0.0802. The zero-order valence-electron chi connectivity index (χ0n) is 28.5. The van der Waals surface area contributed by atoms with Gasteiger partial charge in [0.25, 0.3) is 0 Å². The lowest BCUT2D eigenvalue weighted by Gasteiger charge is -2.26. The standard InChI is InChI=1S/C34H48N6O10/c1-18(2)14-25(32(47)40-29(20(4)42)34(49)50)38-31(46)26(16-21-8-6-5-7-9-21)37-27(44)17-36-33(48)28(19(3)41)39-30(45)24(35)15-22-10-12-23(43)13-11-22/h5-13,18-20,24-26,28-29,41-43H,14-17,35H2,1-4H3,(H,36,48)(H,37,44)(H,38,46)(H,39,45)(H,40,47)(H,49,50)/t19?,20?,24?,25?,26?,28-,29?/m1/s1. The molecule has 16 heteroatoms. The maximum atomic E-state index is 13.5. The number of phenolic OH excluding ortho intramolecular Hbond substituents is 1. The van der Waals surface area contributed by atoms with Crippen molar-refractivity contribution in [2.75, 3.05) is 6.54 Å². The number of carboxylic acids is 1. The summed E-state index contributed by atoms with van der Waals surface area (Å²) in [5, 5.41) is 50.9. The van der Waals surface area contributed by atoms with Gasteiger partial charge in [-0.3, -0.25) is 24.0 Å². The Bertz CT molecular complexity index is 1450. The molecule has 0 aromatic heterocycles. The van der Waals surface area contributed by atoms with E-state index in [0.29, 0.717) is 11.1 Å². The maximum absolute atomic E-state index is 13.5. The Kier molecular flexibility index (Phi) is 16.3. The number of aliphatic carboxylic acids is 1. The van der Waals surface area contributed by atoms with Gasteiger partial charge in [0, 0.05) is 6.42 Å². The summed E-state index contributed by atoms with van der Waals surface area (Å²) in [4.78, 5) is 76.8. The molecule has 5 amide bonds. The number of nitrogens with two attached hydrogens (primary N) is 1. The van der Waals surface area contributed by atoms with Crippen LogP contribution in [0.4, 0.5) is 0 Å². The number of aromatic hydroxyl groups is 1. The highest BCUT2D eigenvalue weighted by Crippen LogP contribution is 2.12. The first kappa shape index (κ1) is 41.1. The van der Waals surface area contributed by atoms with E-state index in [9.17, 15) is 49.2 Å². The van der Waals surface area contributed by atoms with Gasteiger partial charge in [-0.1, -0.05) is 56.3 Å². The molecule has 2 aromatic carbocycles. The molecule has 2 aromatic rings. The van der Waals surface area contributed by atoms with Crippen LogP contribution in [0.15, 0.2) is 54.6 Å². The van der Waals surface area contributed by atoms with Crippen LogP contribution < -0.4 is 32.3 Å². The fourth-order valence-corrected chi connectivity index (χ4v) is 4.84. The molecular formula is C34H48N6O10. The lowest BCUT2D eigenvalue weighted by atomic mass is 10.0. The van der Waals surface area contributed by atoms with Crippen LogP contribution in [0.25, 0.3) is 0 Å². The number of rotatable bonds is 19. The molecule has 0 saturated carbocycles. The Morgan fingerprint density at radius 2 is 1.20 bits per heavy atom. The lowest BCUT2D eigenvalue weighted by molar-refractivity contribution is -0.145. The van der Waals surface area contributed by atoms with E-state index in [4.69, 9.17) is 5.73 Å². The van der Waals surface area contributed by atoms with Gasteiger partial charge in [-0.05, 0) is 55.9 Å². The first-order valence-corrected chi connectivity index (χ1v) is 16.1. The summed E-state index contributed by atoms with van der Waals surface area (Å²) in [7, 11) is 0. The Morgan fingerprint density at radius 1 is 0.660 bits per heavy atom. The fourth-order valence-electron chi connectivity index (χ4n) is 4.84. The van der Waals surface area contributed by atoms with E-state index in [2.05, 4.69) is 26.6 Å². The molecule has 0 aliphatic carbocycles. The van der Waals surface area contributed by atoms with Crippen molar-refractivity contribution in [1.82, 2.24) is 26.6 Å². The number of hydrogen-bond donors (Lipinski definition) is 10. The molecular weight excluding hydrogens is 652 g/mol. The predicted molar refractivity (Wildman–Crippen MR) is 181 cm³/mol. The molecule has 0 spiro atoms. The minimum absolute atomic E-state index is 0.0148. The van der Waals surface area contributed by atoms with E-state index in [-0.39, 0.29) is 30.9 Å². The number of phenols is 1. The van der Waals surface area contributed by atoms with Gasteiger partial charge >= 0.3 is 5.97 Å². The second-order valence-electron chi connectivity index (χ2n) is 12.5. The molecule has 11 N–H and O–H groups in total. The summed E-state index contributed by atoms with van der Waals surface area (Å²) in [6.07, 6.45) is -2.63. The highest BCUT2D eigenvalue weighted by atomic mass is 16.4. The molecule has 274 valence electrons. The summed E-state index contributed by atoms with van der Waals surface area (Å²) in [6.45, 7) is 5.38. The normalized spacial score (nSPS) is 15.3. The molecule has 0 aliphatic rings. The zero-order chi connectivity index (χ0) is 37.5. The van der Waals surface area contributed by atoms with Crippen molar-refractivity contribution in [3.63, 3.8) is 0 Å². The summed E-state index contributed by atoms with van der Waals surface area (Å²) in [6, 6.07) is 8.01. The molecule has 0 heterocycles. The molecule has 0 radical (unpaired) electrons. The van der Waals surface area contributed by atoms with Crippen LogP contribution in [0.3, 0.4) is 0 Å². The van der Waals surface area contributed by atoms with Gasteiger partial charge in [-0.15, -0.1) is 0 Å². The summed E-state index contributed by atoms with van der Waals surface area (Å²) in [5.41, 5.74) is 7.28. The first-order chi connectivity index (χ1) is 23.5. The van der Waals surface area contributed by atoms with Crippen LogP contribution in [0.1, 0.15) is 45.2 Å². The third kappa shape index (κ3) is 13.8. The molecule has 0 aliphatic heterocycles. The molecule has 7 atom stereocenters. The van der Waals surface area contributed by atoms with Crippen molar-refractivity contribution >= 4 is 35.5 Å². The monoisotopic (exact) mass is 700 g/mol. The molecule has 50 heavy (non-hydrogen) atoms. The molecule has 0 fully saturated rings. The third-order valence-corrected chi connectivity index (χ3v) is 7.54. The van der Waals surface area contributed by atoms with Gasteiger partial charge in [-0.25, -0.2) is 4.79 Å². The van der Waals surface area contributed by atoms with Crippen molar-refractivity contribution in [3.05, 3.63) is 65.7 Å². The second kappa shape index (κ2) is 19.8. The van der Waals surface area contributed by atoms with Crippen molar-refractivity contribution in [3.8, 4) is 5.75 Å². The van der Waals surface area contributed by atoms with E-state index in [0.717, 1.165) is 0 Å². The van der Waals surface area contributed by atoms with Gasteiger partial charge in [0.2, 0.25) is 29.5 Å². The molecule has 0 bridgehead atoms. The van der Waals surface area contributed by atoms with E-state index >= 15 is 0 Å². The average Bonchev–Trinajstić information content (AvgIpc) is 3.04. The second-order valence-corrected chi connectivity index (χ2v) is 12.5. The Hall–Kier alpha value is -5.06. The summed E-state index contributed by atoms with van der Waals surface area (Å²) < 4.78 is 0. The van der Waals surface area contributed by atoms with Gasteiger partial charge in [0.05, 0.1) is 24.8 Å². The zero-order valence-corrected chi connectivity index (χ0v) is 28.5. The molecule has 0 saturated heterocycles. The van der Waals surface area contributed by atoms with Crippen molar-refractivity contribution in [2.45, 2.75) is 89.4 Å². The number of amides is 5. The van der Waals surface area contributed by atoms with Gasteiger partial charge < -0.3 is 52.7 Å². The number of hydrogen-bond acceptors (Lipinski definition) is 10. The van der Waals surface area contributed by atoms with E-state index in [1.54, 1.807) is 56.3 Å². The fraction of sp³-hybridized carbons (Fsp3) is 0.471. The minimum Gasteiger partial charge on any atom is -0.508 e. The first-order valence-electron chi connectivity index (χ1n) is 16.1. The Morgan fingerprint density at radius 3 is 1.74 bits per heavy atom. The number of aliphatic hydroxyl groups excluding tert-OH is 2. The molecule has 6 unspecified atom stereocenters. The highest BCUT2D eigenvalue weighted by Gasteiger charge is 2.33. The maximum Gasteiger partial charge on any atom is 0.328 e. The number of carboxylic acid groups (broad SMARTS) is 1. The van der Waals surface area contributed by atoms with Crippen LogP contribution in [0.5, 0.6) is 5.75 Å². The molecule has 16 nitrogen and oxygen atoms in total. The van der Waals surface area contributed by atoms with E-state index < -0.39 is 84.5 Å². The van der Waals surface area contributed by atoms with Crippen LogP contribution >= 0.6 is 0 Å². The number of benzene rings is 2. The van der Waals surface area contributed by atoms with Crippen LogP contribution in [-0.4, -0.2) is 105 Å². The van der Waals surface area contributed by atoms with E-state index in [1.807, 2.05) is 0 Å². The summed E-state index contributed by atoms with van der Waals surface area (Å²) in [5.74, 6) is -5.61. The lowest BCUT2D eigenvalue weighted by Crippen LogP contribution is -2.59. The number of carbonyl (C=O) groups is 6. The van der Waals surface area contributed by atoms with Crippen LogP contribution in [-0.2, 0) is 41.6 Å². The van der Waals surface area contributed by atoms with Crippen LogP contribution in [0, 0.1) is 5.92 Å². The van der Waals surface area contributed by atoms with Crippen LogP contribution in [0.2, 0.25) is 0 Å². The van der Waals surface area contributed by atoms with Crippen molar-refractivity contribution in [2.24, 2.45) is 11.7 Å². The van der Waals surface area contributed by atoms with Crippen molar-refractivity contribution in [1.29, 1.82) is 0 Å². The minimum atomic E-state index is -1.62. The average molecular weight is 701 g/mol. The number of aliphatic hydroxyl groups is 2. The highest BCUT2D eigenvalue weighted by molar-refractivity contribution is 5.95. The van der Waals surface area contributed by atoms with Gasteiger partial charge in [0.15, 0.2) is 6.04 Å². The van der Waals surface area contributed by atoms with Crippen molar-refractivity contribution < 1.29 is 49.2 Å². The summed E-state index contributed by atoms with van der Waals surface area (Å²) >= 11 is 0. The number of carbonyl (C=O) groups excluding carboxylic acids is 5. The Labute approximate surface area is 290 Å². The van der Waals surface area contributed by atoms with E-state index in [1.165, 1.54) is 26.0 Å². The Balaban J connectivity index is 2.12. The molecule has 2 rings (SSSR count). The van der Waals surface area contributed by atoms with Gasteiger partial charge in [0.1, 0.15) is 23.9 Å². The predicted octanol–water partition coefficient (Wildman–Crippen LogP) is -1.55. The largest absolute Gasteiger partial charge is 0.508 e. The number of nitrogens with one attached hydrogen (secondary N) is 5. The van der Waals surface area contributed by atoms with Gasteiger partial charge in [-0.2, -0.15) is 0 Å². The SMILES string of the molecule is CC(C)CC(NC(=O)C(Cc1ccccc1)NC(=O)CNC(=O)[C@H](NC(=O)C(N)Cc1ccc(O)cc1)C(C)O)C(=O)NC(C(=O)O)C(C)O.